The van der Waals surface area contributed by atoms with Gasteiger partial charge in [0.15, 0.2) is 0 Å². The van der Waals surface area contributed by atoms with Crippen LogP contribution in [0.25, 0.3) is 0 Å². The molecule has 0 saturated carbocycles. The summed E-state index contributed by atoms with van der Waals surface area (Å²) in [5, 5.41) is 0. The molecule has 0 N–H and O–H groups in total. The normalized spacial score (nSPS) is 15.4. The van der Waals surface area contributed by atoms with Gasteiger partial charge in [0.1, 0.15) is 0 Å². The lowest BCUT2D eigenvalue weighted by Gasteiger charge is -2.27. The Morgan fingerprint density at radius 2 is 0.833 bits per heavy atom. The van der Waals surface area contributed by atoms with Crippen LogP contribution < -0.4 is 0 Å². The zero-order valence-electron chi connectivity index (χ0n) is 18.0. The summed E-state index contributed by atoms with van der Waals surface area (Å²) in [4.78, 5) is 0. The van der Waals surface area contributed by atoms with Crippen molar-refractivity contribution in [1.82, 2.24) is 0 Å². The highest BCUT2D eigenvalue weighted by Gasteiger charge is 2.19. The molecule has 0 saturated heterocycles. The molecule has 0 heterocycles. The van der Waals surface area contributed by atoms with Crippen molar-refractivity contribution in [2.75, 3.05) is 0 Å². The van der Waals surface area contributed by atoms with Crippen molar-refractivity contribution in [3.8, 4) is 0 Å². The van der Waals surface area contributed by atoms with Gasteiger partial charge in [-0.3, -0.25) is 0 Å². The first-order chi connectivity index (χ1) is 11.7. The smallest absolute Gasteiger partial charge is 0.0409 e. The van der Waals surface area contributed by atoms with Crippen molar-refractivity contribution in [3.63, 3.8) is 0 Å². The van der Waals surface area contributed by atoms with Crippen LogP contribution in [0, 0.1) is 17.8 Å². The van der Waals surface area contributed by atoms with Gasteiger partial charge in [-0.2, -0.15) is 0 Å². The van der Waals surface area contributed by atoms with Gasteiger partial charge in [0.05, 0.1) is 0 Å². The van der Waals surface area contributed by atoms with Crippen LogP contribution in [0.5, 0.6) is 0 Å². The maximum absolute atomic E-state index is 2.42. The molecule has 0 aliphatic rings. The van der Waals surface area contributed by atoms with Gasteiger partial charge >= 0.3 is 0 Å². The van der Waals surface area contributed by atoms with Crippen molar-refractivity contribution in [2.24, 2.45) is 17.8 Å². The molecule has 0 aromatic rings. The Balaban J connectivity index is 4.43. The minimum atomic E-state index is 0.995. The second kappa shape index (κ2) is 17.8. The van der Waals surface area contributed by atoms with Crippen molar-refractivity contribution in [1.29, 1.82) is 0 Å². The van der Waals surface area contributed by atoms with Crippen LogP contribution in [-0.2, 0) is 0 Å². The van der Waals surface area contributed by atoms with Gasteiger partial charge in [-0.15, -0.1) is 0 Å². The molecule has 2 unspecified atom stereocenters. The van der Waals surface area contributed by atoms with Gasteiger partial charge in [-0.25, -0.2) is 0 Å². The Hall–Kier alpha value is 0. The molecular formula is C24H50. The van der Waals surface area contributed by atoms with Crippen molar-refractivity contribution >= 4 is 0 Å². The second-order valence-electron chi connectivity index (χ2n) is 8.37. The summed E-state index contributed by atoms with van der Waals surface area (Å²) in [6.07, 6.45) is 23.1. The fourth-order valence-electron chi connectivity index (χ4n) is 4.27. The molecule has 0 bridgehead atoms. The molecule has 146 valence electrons. The first-order valence-electron chi connectivity index (χ1n) is 11.7. The summed E-state index contributed by atoms with van der Waals surface area (Å²) < 4.78 is 0. The third kappa shape index (κ3) is 13.3. The number of unbranched alkanes of at least 4 members (excludes halogenated alkanes) is 6. The van der Waals surface area contributed by atoms with E-state index in [1.165, 1.54) is 103 Å². The number of hydrogen-bond acceptors (Lipinski definition) is 0. The molecule has 0 radical (unpaired) electrons. The van der Waals surface area contributed by atoms with E-state index in [2.05, 4.69) is 34.6 Å². The summed E-state index contributed by atoms with van der Waals surface area (Å²) >= 11 is 0. The quantitative estimate of drug-likeness (QED) is 0.218. The van der Waals surface area contributed by atoms with Crippen LogP contribution in [-0.4, -0.2) is 0 Å². The van der Waals surface area contributed by atoms with Crippen LogP contribution >= 0.6 is 0 Å². The first kappa shape index (κ1) is 24.0. The fraction of sp³-hybridized carbons (Fsp3) is 1.00. The van der Waals surface area contributed by atoms with Crippen molar-refractivity contribution in [3.05, 3.63) is 0 Å². The van der Waals surface area contributed by atoms with E-state index in [-0.39, 0.29) is 0 Å². The fourth-order valence-corrected chi connectivity index (χ4v) is 4.27. The molecule has 0 nitrogen and oxygen atoms in total. The van der Waals surface area contributed by atoms with E-state index in [9.17, 15) is 0 Å². The summed E-state index contributed by atoms with van der Waals surface area (Å²) in [7, 11) is 0. The lowest BCUT2D eigenvalue weighted by molar-refractivity contribution is 0.254. The van der Waals surface area contributed by atoms with E-state index in [0.717, 1.165) is 17.8 Å². The molecule has 0 aromatic carbocycles. The molecular weight excluding hydrogens is 288 g/mol. The second-order valence-corrected chi connectivity index (χ2v) is 8.37. The lowest BCUT2D eigenvalue weighted by Crippen LogP contribution is -2.14. The van der Waals surface area contributed by atoms with Gasteiger partial charge < -0.3 is 0 Å². The maximum Gasteiger partial charge on any atom is -0.0409 e. The maximum atomic E-state index is 2.42. The van der Waals surface area contributed by atoms with Crippen LogP contribution in [0.1, 0.15) is 137 Å². The van der Waals surface area contributed by atoms with E-state index in [0.29, 0.717) is 0 Å². The topological polar surface area (TPSA) is 0 Å². The molecule has 0 aromatic heterocycles. The van der Waals surface area contributed by atoms with Gasteiger partial charge in [-0.05, 0) is 30.6 Å². The van der Waals surface area contributed by atoms with E-state index in [1.807, 2.05) is 0 Å². The largest absolute Gasteiger partial charge is 0.0654 e. The van der Waals surface area contributed by atoms with Crippen molar-refractivity contribution < 1.29 is 0 Å². The first-order valence-corrected chi connectivity index (χ1v) is 11.7. The third-order valence-corrected chi connectivity index (χ3v) is 6.14. The highest BCUT2D eigenvalue weighted by molar-refractivity contribution is 4.71. The Morgan fingerprint density at radius 3 is 1.25 bits per heavy atom. The van der Waals surface area contributed by atoms with E-state index >= 15 is 0 Å². The van der Waals surface area contributed by atoms with Crippen LogP contribution in [0.4, 0.5) is 0 Å². The van der Waals surface area contributed by atoms with Gasteiger partial charge in [0.2, 0.25) is 0 Å². The summed E-state index contributed by atoms with van der Waals surface area (Å²) in [6, 6.07) is 0. The van der Waals surface area contributed by atoms with E-state index < -0.39 is 0 Å². The Kier molecular flexibility index (Phi) is 17.8. The molecule has 24 heavy (non-hydrogen) atoms. The highest BCUT2D eigenvalue weighted by atomic mass is 14.2. The van der Waals surface area contributed by atoms with Gasteiger partial charge in [0, 0.05) is 0 Å². The molecule has 0 aliphatic heterocycles. The molecule has 0 rings (SSSR count). The Bertz CT molecular complexity index is 214. The molecule has 0 fully saturated rings. The van der Waals surface area contributed by atoms with Gasteiger partial charge in [0.25, 0.3) is 0 Å². The molecule has 0 spiro atoms. The Labute approximate surface area is 155 Å². The minimum absolute atomic E-state index is 0.995. The van der Waals surface area contributed by atoms with E-state index in [1.54, 1.807) is 0 Å². The zero-order valence-corrected chi connectivity index (χ0v) is 18.0. The summed E-state index contributed by atoms with van der Waals surface area (Å²) in [6.45, 7) is 11.9. The van der Waals surface area contributed by atoms with Gasteiger partial charge in [-0.1, -0.05) is 125 Å². The average Bonchev–Trinajstić information content (AvgIpc) is 2.61. The molecule has 0 aliphatic carbocycles. The SMILES string of the molecule is CCCCCCCC(CC(CC)CCCC)CC(CC)CCCC. The molecule has 0 amide bonds. The zero-order chi connectivity index (χ0) is 18.0. The van der Waals surface area contributed by atoms with E-state index in [4.69, 9.17) is 0 Å². The average molecular weight is 339 g/mol. The third-order valence-electron chi connectivity index (χ3n) is 6.14. The monoisotopic (exact) mass is 338 g/mol. The number of hydrogen-bond donors (Lipinski definition) is 0. The standard InChI is InChI=1S/C24H50/c1-6-11-14-15-16-19-24(20-22(9-4)17-12-7-2)21-23(10-5)18-13-8-3/h22-24H,6-21H2,1-5H3. The predicted molar refractivity (Wildman–Crippen MR) is 113 cm³/mol. The van der Waals surface area contributed by atoms with Crippen molar-refractivity contribution in [2.45, 2.75) is 137 Å². The lowest BCUT2D eigenvalue weighted by atomic mass is 9.79. The predicted octanol–water partition coefficient (Wildman–Crippen LogP) is 9.18. The summed E-state index contributed by atoms with van der Waals surface area (Å²) in [5.41, 5.74) is 0. The molecule has 0 heteroatoms. The van der Waals surface area contributed by atoms with Crippen LogP contribution in [0.2, 0.25) is 0 Å². The number of rotatable bonds is 18. The highest BCUT2D eigenvalue weighted by Crippen LogP contribution is 2.32. The minimum Gasteiger partial charge on any atom is -0.0654 e. The van der Waals surface area contributed by atoms with Crippen LogP contribution in [0.15, 0.2) is 0 Å². The Morgan fingerprint density at radius 1 is 0.417 bits per heavy atom. The van der Waals surface area contributed by atoms with Crippen LogP contribution in [0.3, 0.4) is 0 Å². The molecule has 2 atom stereocenters. The summed E-state index contributed by atoms with van der Waals surface area (Å²) in [5.74, 6) is 3.00.